The molecule has 23 heavy (non-hydrogen) atoms. The van der Waals surface area contributed by atoms with E-state index in [2.05, 4.69) is 26.3 Å². The molecule has 0 saturated carbocycles. The number of aromatic nitrogens is 2. The second-order valence-electron chi connectivity index (χ2n) is 5.16. The Hall–Kier alpha value is -2.03. The average molecular weight is 390 g/mol. The van der Waals surface area contributed by atoms with Crippen LogP contribution in [0.25, 0.3) is 0 Å². The first kappa shape index (κ1) is 15.9. The van der Waals surface area contributed by atoms with Crippen LogP contribution in [0, 0.1) is 0 Å². The number of halogens is 4. The summed E-state index contributed by atoms with van der Waals surface area (Å²) in [6, 6.07) is 6.22. The quantitative estimate of drug-likeness (QED) is 0.814. The summed E-state index contributed by atoms with van der Waals surface area (Å²) in [6.07, 6.45) is -4.81. The highest BCUT2D eigenvalue weighted by molar-refractivity contribution is 9.10. The summed E-state index contributed by atoms with van der Waals surface area (Å²) in [4.78, 5) is 11.1. The van der Waals surface area contributed by atoms with Gasteiger partial charge in [0.15, 0.2) is 11.7 Å². The fraction of sp³-hybridized carbons (Fsp3) is 0.286. The number of nitrogens with zero attached hydrogens (tertiary/aromatic N) is 2. The van der Waals surface area contributed by atoms with Gasteiger partial charge in [0.2, 0.25) is 0 Å². The number of carboxylic acids is 1. The zero-order valence-corrected chi connectivity index (χ0v) is 13.1. The maximum absolute atomic E-state index is 13.4. The lowest BCUT2D eigenvalue weighted by molar-refractivity contribution is -0.173. The summed E-state index contributed by atoms with van der Waals surface area (Å²) in [6.45, 7) is 0. The van der Waals surface area contributed by atoms with Gasteiger partial charge < -0.3 is 10.4 Å². The Kier molecular flexibility index (Phi) is 3.83. The van der Waals surface area contributed by atoms with E-state index >= 15 is 0 Å². The minimum Gasteiger partial charge on any atom is -0.476 e. The molecule has 122 valence electrons. The van der Waals surface area contributed by atoms with Gasteiger partial charge in [0.1, 0.15) is 5.82 Å². The minimum absolute atomic E-state index is 0.0138. The fourth-order valence-electron chi connectivity index (χ4n) is 2.63. The molecule has 2 atom stereocenters. The van der Waals surface area contributed by atoms with E-state index in [1.807, 2.05) is 0 Å². The molecular weight excluding hydrogens is 379 g/mol. The van der Waals surface area contributed by atoms with Crippen LogP contribution in [0.3, 0.4) is 0 Å². The lowest BCUT2D eigenvalue weighted by Gasteiger charge is -2.33. The maximum Gasteiger partial charge on any atom is 0.410 e. The molecule has 1 aliphatic rings. The first-order valence-electron chi connectivity index (χ1n) is 6.68. The largest absolute Gasteiger partial charge is 0.476 e. The summed E-state index contributed by atoms with van der Waals surface area (Å²) < 4.78 is 40.9. The number of nitrogens with one attached hydrogen (secondary N) is 1. The van der Waals surface area contributed by atoms with Gasteiger partial charge in [-0.05, 0) is 21.5 Å². The van der Waals surface area contributed by atoms with E-state index in [1.165, 1.54) is 0 Å². The van der Waals surface area contributed by atoms with Gasteiger partial charge in [0.25, 0.3) is 0 Å². The molecule has 0 unspecified atom stereocenters. The Labute approximate surface area is 137 Å². The Balaban J connectivity index is 2.10. The number of hydrogen-bond donors (Lipinski definition) is 2. The van der Waals surface area contributed by atoms with Crippen molar-refractivity contribution in [1.82, 2.24) is 9.78 Å². The lowest BCUT2D eigenvalue weighted by atomic mass is 9.97. The third-order valence-electron chi connectivity index (χ3n) is 3.70. The molecule has 2 heterocycles. The predicted molar refractivity (Wildman–Crippen MR) is 79.4 cm³/mol. The number of aromatic carboxylic acids is 1. The molecule has 0 saturated heterocycles. The van der Waals surface area contributed by atoms with Crippen molar-refractivity contribution in [2.75, 3.05) is 5.32 Å². The van der Waals surface area contributed by atoms with E-state index in [0.29, 0.717) is 10.2 Å². The van der Waals surface area contributed by atoms with Gasteiger partial charge in [-0.2, -0.15) is 18.3 Å². The van der Waals surface area contributed by atoms with Gasteiger partial charge in [-0.15, -0.1) is 0 Å². The van der Waals surface area contributed by atoms with Crippen LogP contribution in [-0.4, -0.2) is 27.0 Å². The van der Waals surface area contributed by atoms with Crippen molar-refractivity contribution in [3.8, 4) is 0 Å². The van der Waals surface area contributed by atoms with Gasteiger partial charge in [0, 0.05) is 6.42 Å². The number of fused-ring (bicyclic) bond motifs is 1. The number of benzene rings is 1. The Morgan fingerprint density at radius 2 is 2.00 bits per heavy atom. The second-order valence-corrected chi connectivity index (χ2v) is 5.95. The summed E-state index contributed by atoms with van der Waals surface area (Å²) in [5.41, 5.74) is 0.244. The van der Waals surface area contributed by atoms with E-state index in [-0.39, 0.29) is 16.7 Å². The standard InChI is InChI=1S/C14H11BrF3N3O2/c15-10-11(13(22)23)20-21-9(14(16,17)18)6-8(19-12(10)21)7-4-2-1-3-5-7/h1-5,8-9,19H,6H2,(H,22,23)/t8-,9+/m1/s1. The highest BCUT2D eigenvalue weighted by Gasteiger charge is 2.47. The van der Waals surface area contributed by atoms with E-state index in [0.717, 1.165) is 0 Å². The molecule has 1 aromatic heterocycles. The first-order valence-corrected chi connectivity index (χ1v) is 7.48. The highest BCUT2D eigenvalue weighted by Crippen LogP contribution is 2.46. The number of alkyl halides is 3. The molecule has 2 aromatic rings. The second kappa shape index (κ2) is 5.55. The van der Waals surface area contributed by atoms with Gasteiger partial charge >= 0.3 is 12.1 Å². The zero-order valence-electron chi connectivity index (χ0n) is 11.5. The number of hydrogen-bond acceptors (Lipinski definition) is 3. The summed E-state index contributed by atoms with van der Waals surface area (Å²) in [7, 11) is 0. The molecule has 0 fully saturated rings. The van der Waals surface area contributed by atoms with Crippen LogP contribution >= 0.6 is 15.9 Å². The summed E-state index contributed by atoms with van der Waals surface area (Å²) in [5.74, 6) is -1.37. The van der Waals surface area contributed by atoms with Crippen LogP contribution in [0.15, 0.2) is 34.8 Å². The van der Waals surface area contributed by atoms with Gasteiger partial charge in [-0.3, -0.25) is 0 Å². The monoisotopic (exact) mass is 389 g/mol. The summed E-state index contributed by atoms with van der Waals surface area (Å²) >= 11 is 3.04. The molecule has 1 aromatic carbocycles. The average Bonchev–Trinajstić information content (AvgIpc) is 2.84. The van der Waals surface area contributed by atoms with E-state index in [9.17, 15) is 18.0 Å². The third kappa shape index (κ3) is 2.80. The van der Waals surface area contributed by atoms with Crippen molar-refractivity contribution in [3.05, 3.63) is 46.1 Å². The van der Waals surface area contributed by atoms with Crippen molar-refractivity contribution in [2.45, 2.75) is 24.7 Å². The molecule has 0 bridgehead atoms. The molecule has 0 spiro atoms. The normalized spacial score (nSPS) is 20.7. The van der Waals surface area contributed by atoms with Crippen LogP contribution < -0.4 is 5.32 Å². The molecule has 0 amide bonds. The Morgan fingerprint density at radius 1 is 1.35 bits per heavy atom. The van der Waals surface area contributed by atoms with E-state index in [4.69, 9.17) is 5.11 Å². The smallest absolute Gasteiger partial charge is 0.410 e. The van der Waals surface area contributed by atoms with Crippen molar-refractivity contribution >= 4 is 27.7 Å². The van der Waals surface area contributed by atoms with Crippen molar-refractivity contribution in [3.63, 3.8) is 0 Å². The van der Waals surface area contributed by atoms with Crippen molar-refractivity contribution in [1.29, 1.82) is 0 Å². The Morgan fingerprint density at radius 3 is 2.57 bits per heavy atom. The summed E-state index contributed by atoms with van der Waals surface area (Å²) in [5, 5.41) is 15.6. The minimum atomic E-state index is -4.54. The molecule has 3 rings (SSSR count). The number of anilines is 1. The SMILES string of the molecule is O=C(O)c1nn2c(c1Br)N[C@@H](c1ccccc1)C[C@H]2C(F)(F)F. The maximum atomic E-state index is 13.4. The number of carbonyl (C=O) groups is 1. The molecule has 1 aliphatic heterocycles. The topological polar surface area (TPSA) is 67.1 Å². The molecule has 9 heteroatoms. The van der Waals surface area contributed by atoms with E-state index < -0.39 is 29.9 Å². The number of rotatable bonds is 2. The van der Waals surface area contributed by atoms with E-state index in [1.54, 1.807) is 30.3 Å². The van der Waals surface area contributed by atoms with Gasteiger partial charge in [-0.25, -0.2) is 9.48 Å². The van der Waals surface area contributed by atoms with Gasteiger partial charge in [0.05, 0.1) is 10.5 Å². The highest BCUT2D eigenvalue weighted by atomic mass is 79.9. The van der Waals surface area contributed by atoms with Crippen LogP contribution in [-0.2, 0) is 0 Å². The molecule has 0 radical (unpaired) electrons. The van der Waals surface area contributed by atoms with Crippen molar-refractivity contribution in [2.24, 2.45) is 0 Å². The first-order chi connectivity index (χ1) is 10.8. The third-order valence-corrected chi connectivity index (χ3v) is 4.45. The molecule has 5 nitrogen and oxygen atoms in total. The van der Waals surface area contributed by atoms with Crippen LogP contribution in [0.5, 0.6) is 0 Å². The van der Waals surface area contributed by atoms with Crippen molar-refractivity contribution < 1.29 is 23.1 Å². The fourth-order valence-corrected chi connectivity index (χ4v) is 3.18. The molecule has 2 N–H and O–H groups in total. The van der Waals surface area contributed by atoms with Crippen LogP contribution in [0.4, 0.5) is 19.0 Å². The van der Waals surface area contributed by atoms with Crippen LogP contribution in [0.1, 0.15) is 34.6 Å². The van der Waals surface area contributed by atoms with Gasteiger partial charge in [-0.1, -0.05) is 30.3 Å². The molecule has 0 aliphatic carbocycles. The zero-order chi connectivity index (χ0) is 16.8. The Bertz CT molecular complexity index is 746. The molecular formula is C14H11BrF3N3O2. The lowest BCUT2D eigenvalue weighted by Crippen LogP contribution is -2.35. The van der Waals surface area contributed by atoms with Crippen LogP contribution in [0.2, 0.25) is 0 Å². The number of carboxylic acid groups (broad SMARTS) is 1. The predicted octanol–water partition coefficient (Wildman–Crippen LogP) is 4.00.